The molecule has 0 spiro atoms. The molecule has 0 fully saturated rings. The van der Waals surface area contributed by atoms with E-state index in [9.17, 15) is 18.7 Å². The molecule has 0 aliphatic rings. The Labute approximate surface area is 133 Å². The summed E-state index contributed by atoms with van der Waals surface area (Å²) in [5, 5.41) is 12.4. The largest absolute Gasteiger partial charge is 0.387 e. The fraction of sp³-hybridized carbons (Fsp3) is 0.235. The average Bonchev–Trinajstić information content (AvgIpc) is 2.52. The number of nitrogens with one attached hydrogen (secondary N) is 1. The first-order valence-electron chi connectivity index (χ1n) is 7.07. The van der Waals surface area contributed by atoms with Gasteiger partial charge in [-0.25, -0.2) is 8.78 Å². The number of aliphatic hydroxyl groups excluding tert-OH is 1. The SMILES string of the molecule is CN(C)c1ccc([C@@H](O)CNC(=O)c2c(F)cccc2F)cc1. The Bertz CT molecular complexity index is 667. The molecule has 1 atom stereocenters. The number of carbonyl (C=O) groups excluding carboxylic acids is 1. The van der Waals surface area contributed by atoms with Crippen molar-refractivity contribution in [1.82, 2.24) is 5.32 Å². The topological polar surface area (TPSA) is 52.6 Å². The highest BCUT2D eigenvalue weighted by Crippen LogP contribution is 2.18. The summed E-state index contributed by atoms with van der Waals surface area (Å²) in [6.45, 7) is -0.145. The van der Waals surface area contributed by atoms with E-state index in [0.29, 0.717) is 5.56 Å². The minimum Gasteiger partial charge on any atom is -0.387 e. The van der Waals surface area contributed by atoms with Crippen LogP contribution in [-0.2, 0) is 0 Å². The van der Waals surface area contributed by atoms with Crippen molar-refractivity contribution in [1.29, 1.82) is 0 Å². The third-order valence-electron chi connectivity index (χ3n) is 3.44. The summed E-state index contributed by atoms with van der Waals surface area (Å²) < 4.78 is 27.0. The number of benzene rings is 2. The lowest BCUT2D eigenvalue weighted by Gasteiger charge is -2.16. The van der Waals surface area contributed by atoms with Gasteiger partial charge >= 0.3 is 0 Å². The Morgan fingerprint density at radius 1 is 1.13 bits per heavy atom. The number of amides is 1. The molecule has 0 aromatic heterocycles. The van der Waals surface area contributed by atoms with Crippen LogP contribution in [0.25, 0.3) is 0 Å². The summed E-state index contributed by atoms with van der Waals surface area (Å²) in [5.41, 5.74) is 0.922. The molecule has 2 aromatic carbocycles. The number of carbonyl (C=O) groups is 1. The van der Waals surface area contributed by atoms with Crippen molar-refractivity contribution in [2.75, 3.05) is 25.5 Å². The number of nitrogens with zero attached hydrogens (tertiary/aromatic N) is 1. The van der Waals surface area contributed by atoms with Crippen molar-refractivity contribution in [3.05, 3.63) is 65.2 Å². The van der Waals surface area contributed by atoms with Gasteiger partial charge in [-0.2, -0.15) is 0 Å². The zero-order valence-electron chi connectivity index (χ0n) is 12.9. The zero-order valence-corrected chi connectivity index (χ0v) is 12.9. The van der Waals surface area contributed by atoms with Crippen molar-refractivity contribution >= 4 is 11.6 Å². The second-order valence-corrected chi connectivity index (χ2v) is 5.31. The van der Waals surface area contributed by atoms with Crippen molar-refractivity contribution < 1.29 is 18.7 Å². The molecule has 6 heteroatoms. The quantitative estimate of drug-likeness (QED) is 0.890. The van der Waals surface area contributed by atoms with E-state index in [4.69, 9.17) is 0 Å². The average molecular weight is 320 g/mol. The molecule has 0 aliphatic carbocycles. The minimum absolute atomic E-state index is 0.145. The molecule has 0 unspecified atom stereocenters. The van der Waals surface area contributed by atoms with Gasteiger partial charge in [0, 0.05) is 26.3 Å². The summed E-state index contributed by atoms with van der Waals surface area (Å²) in [6, 6.07) is 10.3. The normalized spacial score (nSPS) is 11.9. The monoisotopic (exact) mass is 320 g/mol. The fourth-order valence-electron chi connectivity index (χ4n) is 2.10. The Morgan fingerprint density at radius 2 is 1.70 bits per heavy atom. The summed E-state index contributed by atoms with van der Waals surface area (Å²) in [7, 11) is 3.79. The molecule has 0 saturated carbocycles. The molecule has 0 radical (unpaired) electrons. The molecule has 1 amide bonds. The van der Waals surface area contributed by atoms with Gasteiger partial charge in [-0.1, -0.05) is 18.2 Å². The Morgan fingerprint density at radius 3 is 2.22 bits per heavy atom. The van der Waals surface area contributed by atoms with Crippen LogP contribution in [0.4, 0.5) is 14.5 Å². The molecule has 0 bridgehead atoms. The van der Waals surface area contributed by atoms with E-state index < -0.39 is 29.2 Å². The first-order valence-corrected chi connectivity index (χ1v) is 7.07. The molecular formula is C17H18F2N2O2. The Hall–Kier alpha value is -2.47. The predicted octanol–water partition coefficient (Wildman–Crippen LogP) is 2.49. The van der Waals surface area contributed by atoms with E-state index in [1.165, 1.54) is 6.07 Å². The van der Waals surface area contributed by atoms with Crippen molar-refractivity contribution in [2.24, 2.45) is 0 Å². The van der Waals surface area contributed by atoms with E-state index >= 15 is 0 Å². The molecule has 122 valence electrons. The standard InChI is InChI=1S/C17H18F2N2O2/c1-21(2)12-8-6-11(7-9-12)15(22)10-20-17(23)16-13(18)4-3-5-14(16)19/h3-9,15,22H,10H2,1-2H3,(H,20,23)/t15-/m0/s1. The number of rotatable bonds is 5. The second-order valence-electron chi connectivity index (χ2n) is 5.31. The van der Waals surface area contributed by atoms with Crippen LogP contribution in [0.5, 0.6) is 0 Å². The number of hydrogen-bond acceptors (Lipinski definition) is 3. The third kappa shape index (κ3) is 4.04. The summed E-state index contributed by atoms with van der Waals surface area (Å²) in [5.74, 6) is -2.77. The van der Waals surface area contributed by atoms with E-state index in [-0.39, 0.29) is 6.54 Å². The molecule has 0 aliphatic heterocycles. The molecular weight excluding hydrogens is 302 g/mol. The van der Waals surface area contributed by atoms with E-state index in [1.807, 2.05) is 31.1 Å². The van der Waals surface area contributed by atoms with Gasteiger partial charge in [0.05, 0.1) is 6.10 Å². The maximum absolute atomic E-state index is 13.5. The van der Waals surface area contributed by atoms with Gasteiger partial charge in [0.25, 0.3) is 5.91 Å². The highest BCUT2D eigenvalue weighted by Gasteiger charge is 2.18. The first kappa shape index (κ1) is 16.9. The summed E-state index contributed by atoms with van der Waals surface area (Å²) in [6.07, 6.45) is -0.968. The maximum Gasteiger partial charge on any atom is 0.257 e. The lowest BCUT2D eigenvalue weighted by atomic mass is 10.1. The van der Waals surface area contributed by atoms with Crippen LogP contribution in [0.15, 0.2) is 42.5 Å². The number of anilines is 1. The van der Waals surface area contributed by atoms with Crippen LogP contribution in [-0.4, -0.2) is 31.7 Å². The Kier molecular flexibility index (Phi) is 5.28. The van der Waals surface area contributed by atoms with Gasteiger partial charge in [-0.15, -0.1) is 0 Å². The van der Waals surface area contributed by atoms with Gasteiger partial charge in [-0.05, 0) is 29.8 Å². The predicted molar refractivity (Wildman–Crippen MR) is 84.4 cm³/mol. The molecule has 2 N–H and O–H groups in total. The molecule has 0 heterocycles. The number of aliphatic hydroxyl groups is 1. The lowest BCUT2D eigenvalue weighted by molar-refractivity contribution is 0.0908. The first-order chi connectivity index (χ1) is 10.9. The highest BCUT2D eigenvalue weighted by atomic mass is 19.1. The number of halogens is 2. The van der Waals surface area contributed by atoms with Crippen molar-refractivity contribution in [2.45, 2.75) is 6.10 Å². The van der Waals surface area contributed by atoms with Crippen molar-refractivity contribution in [3.63, 3.8) is 0 Å². The smallest absolute Gasteiger partial charge is 0.257 e. The maximum atomic E-state index is 13.5. The number of hydrogen-bond donors (Lipinski definition) is 2. The van der Waals surface area contributed by atoms with Crippen LogP contribution in [0.2, 0.25) is 0 Å². The highest BCUT2D eigenvalue weighted by molar-refractivity contribution is 5.94. The van der Waals surface area contributed by atoms with Gasteiger partial charge in [0.15, 0.2) is 0 Å². The lowest BCUT2D eigenvalue weighted by Crippen LogP contribution is -2.29. The summed E-state index contributed by atoms with van der Waals surface area (Å²) >= 11 is 0. The molecule has 23 heavy (non-hydrogen) atoms. The van der Waals surface area contributed by atoms with Crippen LogP contribution in [0.1, 0.15) is 22.0 Å². The van der Waals surface area contributed by atoms with Crippen molar-refractivity contribution in [3.8, 4) is 0 Å². The van der Waals surface area contributed by atoms with Gasteiger partial charge in [-0.3, -0.25) is 4.79 Å². The van der Waals surface area contributed by atoms with Crippen LogP contribution in [0, 0.1) is 11.6 Å². The van der Waals surface area contributed by atoms with E-state index in [0.717, 1.165) is 17.8 Å². The summed E-state index contributed by atoms with van der Waals surface area (Å²) in [4.78, 5) is 13.8. The molecule has 4 nitrogen and oxygen atoms in total. The molecule has 2 aromatic rings. The van der Waals surface area contributed by atoms with Gasteiger partial charge < -0.3 is 15.3 Å². The molecule has 0 saturated heterocycles. The van der Waals surface area contributed by atoms with Gasteiger partial charge in [0.1, 0.15) is 17.2 Å². The van der Waals surface area contributed by atoms with Crippen LogP contribution >= 0.6 is 0 Å². The van der Waals surface area contributed by atoms with Gasteiger partial charge in [0.2, 0.25) is 0 Å². The van der Waals surface area contributed by atoms with Crippen LogP contribution in [0.3, 0.4) is 0 Å². The van der Waals surface area contributed by atoms with E-state index in [1.54, 1.807) is 12.1 Å². The zero-order chi connectivity index (χ0) is 17.0. The Balaban J connectivity index is 2.01. The fourth-order valence-corrected chi connectivity index (χ4v) is 2.10. The van der Waals surface area contributed by atoms with Crippen LogP contribution < -0.4 is 10.2 Å². The molecule has 2 rings (SSSR count). The third-order valence-corrected chi connectivity index (χ3v) is 3.44. The van der Waals surface area contributed by atoms with E-state index in [2.05, 4.69) is 5.32 Å². The second kappa shape index (κ2) is 7.19. The minimum atomic E-state index is -0.968.